The molecule has 3 heteroatoms. The average molecular weight is 220 g/mol. The fraction of sp³-hybridized carbons (Fsp3) is 0.615. The molecule has 88 valence electrons. The highest BCUT2D eigenvalue weighted by Crippen LogP contribution is 2.24. The second-order valence-electron chi connectivity index (χ2n) is 4.13. The van der Waals surface area contributed by atoms with Crippen LogP contribution in [-0.4, -0.2) is 18.3 Å². The van der Waals surface area contributed by atoms with E-state index in [0.717, 1.165) is 24.2 Å². The third kappa shape index (κ3) is 2.45. The minimum Gasteiger partial charge on any atom is -0.383 e. The van der Waals surface area contributed by atoms with Gasteiger partial charge in [-0.1, -0.05) is 13.8 Å². The maximum absolute atomic E-state index is 9.04. The second-order valence-corrected chi connectivity index (χ2v) is 4.13. The van der Waals surface area contributed by atoms with Gasteiger partial charge in [-0.3, -0.25) is 0 Å². The Morgan fingerprint density at radius 1 is 1.56 bits per heavy atom. The third-order valence-corrected chi connectivity index (χ3v) is 3.16. The first-order valence-electron chi connectivity index (χ1n) is 5.74. The third-order valence-electron chi connectivity index (χ3n) is 3.16. The maximum Gasteiger partial charge on any atom is 0.101 e. The number of nitrogens with zero attached hydrogens (tertiary/aromatic N) is 2. The van der Waals surface area contributed by atoms with E-state index in [2.05, 4.69) is 24.5 Å². The molecule has 0 spiro atoms. The number of ether oxygens (including phenoxy) is 1. The van der Waals surface area contributed by atoms with Crippen molar-refractivity contribution in [3.05, 3.63) is 23.0 Å². The molecule has 0 N–H and O–H groups in total. The van der Waals surface area contributed by atoms with Crippen molar-refractivity contribution in [2.24, 2.45) is 0 Å². The Kier molecular flexibility index (Phi) is 4.57. The van der Waals surface area contributed by atoms with Crippen LogP contribution in [0.1, 0.15) is 43.1 Å². The van der Waals surface area contributed by atoms with Crippen LogP contribution in [0.25, 0.3) is 0 Å². The minimum atomic E-state index is 0.484. The van der Waals surface area contributed by atoms with Crippen LogP contribution in [0.15, 0.2) is 6.07 Å². The zero-order valence-corrected chi connectivity index (χ0v) is 10.6. The van der Waals surface area contributed by atoms with Crippen LogP contribution in [0, 0.1) is 18.3 Å². The molecule has 0 saturated carbocycles. The molecule has 0 radical (unpaired) electrons. The van der Waals surface area contributed by atoms with Gasteiger partial charge in [-0.15, -0.1) is 0 Å². The molecule has 0 amide bonds. The molecular weight excluding hydrogens is 200 g/mol. The molecule has 1 aromatic rings. The van der Waals surface area contributed by atoms with Gasteiger partial charge in [0.1, 0.15) is 6.07 Å². The van der Waals surface area contributed by atoms with Crippen LogP contribution in [-0.2, 0) is 11.3 Å². The SMILES string of the molecule is CCC(C)c1cc(C#N)c(C)n1CCOC. The van der Waals surface area contributed by atoms with Crippen LogP contribution >= 0.6 is 0 Å². The van der Waals surface area contributed by atoms with E-state index in [1.165, 1.54) is 5.69 Å². The Morgan fingerprint density at radius 2 is 2.25 bits per heavy atom. The van der Waals surface area contributed by atoms with Gasteiger partial charge in [0.05, 0.1) is 12.2 Å². The molecule has 1 rings (SSSR count). The highest BCUT2D eigenvalue weighted by atomic mass is 16.5. The summed E-state index contributed by atoms with van der Waals surface area (Å²) in [6.07, 6.45) is 1.08. The van der Waals surface area contributed by atoms with Crippen LogP contribution in [0.3, 0.4) is 0 Å². The molecule has 16 heavy (non-hydrogen) atoms. The summed E-state index contributed by atoms with van der Waals surface area (Å²) in [5, 5.41) is 9.04. The Morgan fingerprint density at radius 3 is 2.75 bits per heavy atom. The summed E-state index contributed by atoms with van der Waals surface area (Å²) in [5.41, 5.74) is 3.08. The van der Waals surface area contributed by atoms with Gasteiger partial charge in [-0.25, -0.2) is 0 Å². The molecule has 3 nitrogen and oxygen atoms in total. The van der Waals surface area contributed by atoms with Crippen LogP contribution in [0.4, 0.5) is 0 Å². The van der Waals surface area contributed by atoms with Crippen molar-refractivity contribution >= 4 is 0 Å². The summed E-state index contributed by atoms with van der Waals surface area (Å²) < 4.78 is 7.31. The summed E-state index contributed by atoms with van der Waals surface area (Å²) in [7, 11) is 1.70. The first kappa shape index (κ1) is 12.8. The van der Waals surface area contributed by atoms with Crippen LogP contribution < -0.4 is 0 Å². The summed E-state index contributed by atoms with van der Waals surface area (Å²) >= 11 is 0. The van der Waals surface area contributed by atoms with E-state index in [4.69, 9.17) is 10.00 Å². The number of nitriles is 1. The topological polar surface area (TPSA) is 38.0 Å². The molecular formula is C13H20N2O. The van der Waals surface area contributed by atoms with Crippen molar-refractivity contribution in [1.82, 2.24) is 4.57 Å². The van der Waals surface area contributed by atoms with Gasteiger partial charge >= 0.3 is 0 Å². The number of aromatic nitrogens is 1. The van der Waals surface area contributed by atoms with Crippen molar-refractivity contribution in [2.75, 3.05) is 13.7 Å². The average Bonchev–Trinajstić information content (AvgIpc) is 2.62. The fourth-order valence-corrected chi connectivity index (χ4v) is 1.88. The van der Waals surface area contributed by atoms with Gasteiger partial charge in [0.2, 0.25) is 0 Å². The van der Waals surface area contributed by atoms with Crippen molar-refractivity contribution in [3.63, 3.8) is 0 Å². The van der Waals surface area contributed by atoms with Gasteiger partial charge in [-0.05, 0) is 25.3 Å². The van der Waals surface area contributed by atoms with Crippen LogP contribution in [0.2, 0.25) is 0 Å². The van der Waals surface area contributed by atoms with Gasteiger partial charge in [0.25, 0.3) is 0 Å². The van der Waals surface area contributed by atoms with E-state index in [9.17, 15) is 0 Å². The van der Waals surface area contributed by atoms with E-state index < -0.39 is 0 Å². The lowest BCUT2D eigenvalue weighted by atomic mass is 10.0. The molecule has 0 fully saturated rings. The van der Waals surface area contributed by atoms with E-state index >= 15 is 0 Å². The highest BCUT2D eigenvalue weighted by Gasteiger charge is 2.15. The van der Waals surface area contributed by atoms with Crippen LogP contribution in [0.5, 0.6) is 0 Å². The van der Waals surface area contributed by atoms with Gasteiger partial charge in [0.15, 0.2) is 0 Å². The molecule has 0 saturated heterocycles. The zero-order valence-electron chi connectivity index (χ0n) is 10.6. The lowest BCUT2D eigenvalue weighted by molar-refractivity contribution is 0.185. The Hall–Kier alpha value is -1.27. The molecule has 0 aliphatic heterocycles. The van der Waals surface area contributed by atoms with Gasteiger partial charge < -0.3 is 9.30 Å². The number of hydrogen-bond acceptors (Lipinski definition) is 2. The zero-order chi connectivity index (χ0) is 12.1. The maximum atomic E-state index is 9.04. The first-order valence-corrected chi connectivity index (χ1v) is 5.74. The first-order chi connectivity index (χ1) is 7.65. The molecule has 1 atom stereocenters. The molecule has 0 aliphatic carbocycles. The molecule has 1 unspecified atom stereocenters. The summed E-state index contributed by atoms with van der Waals surface area (Å²) in [6, 6.07) is 4.26. The largest absolute Gasteiger partial charge is 0.383 e. The molecule has 0 bridgehead atoms. The van der Waals surface area contributed by atoms with Gasteiger partial charge in [-0.2, -0.15) is 5.26 Å². The minimum absolute atomic E-state index is 0.484. The fourth-order valence-electron chi connectivity index (χ4n) is 1.88. The Bertz CT molecular complexity index is 387. The van der Waals surface area contributed by atoms with E-state index in [1.54, 1.807) is 7.11 Å². The second kappa shape index (κ2) is 5.72. The number of rotatable bonds is 5. The van der Waals surface area contributed by atoms with Crippen molar-refractivity contribution in [2.45, 2.75) is 39.7 Å². The summed E-state index contributed by atoms with van der Waals surface area (Å²) in [5.74, 6) is 0.484. The summed E-state index contributed by atoms with van der Waals surface area (Å²) in [6.45, 7) is 7.87. The smallest absolute Gasteiger partial charge is 0.101 e. The van der Waals surface area contributed by atoms with Gasteiger partial charge in [0, 0.05) is 25.0 Å². The van der Waals surface area contributed by atoms with Crippen molar-refractivity contribution in [1.29, 1.82) is 5.26 Å². The lowest BCUT2D eigenvalue weighted by Gasteiger charge is -2.15. The van der Waals surface area contributed by atoms with Crippen molar-refractivity contribution < 1.29 is 4.74 Å². The summed E-state index contributed by atoms with van der Waals surface area (Å²) in [4.78, 5) is 0. The Labute approximate surface area is 97.6 Å². The standard InChI is InChI=1S/C13H20N2O/c1-5-10(2)13-8-12(9-14)11(3)15(13)6-7-16-4/h8,10H,5-7H2,1-4H3. The number of methoxy groups -OCH3 is 1. The quantitative estimate of drug-likeness (QED) is 0.765. The number of hydrogen-bond donors (Lipinski definition) is 0. The molecule has 1 aromatic heterocycles. The lowest BCUT2D eigenvalue weighted by Crippen LogP contribution is -2.11. The predicted molar refractivity (Wildman–Crippen MR) is 64.5 cm³/mol. The van der Waals surface area contributed by atoms with E-state index in [-0.39, 0.29) is 0 Å². The normalized spacial score (nSPS) is 12.4. The molecule has 1 heterocycles. The van der Waals surface area contributed by atoms with E-state index in [0.29, 0.717) is 12.5 Å². The molecule has 0 aromatic carbocycles. The highest BCUT2D eigenvalue weighted by molar-refractivity contribution is 5.38. The Balaban J connectivity index is 3.10. The van der Waals surface area contributed by atoms with E-state index in [1.807, 2.05) is 13.0 Å². The monoisotopic (exact) mass is 220 g/mol. The molecule has 0 aliphatic rings. The van der Waals surface area contributed by atoms with Crippen molar-refractivity contribution in [3.8, 4) is 6.07 Å². The predicted octanol–water partition coefficient (Wildman–Crippen LogP) is 2.83.